The number of benzene rings is 1. The normalized spacial score (nSPS) is 25.9. The second kappa shape index (κ2) is 10.4. The Balaban J connectivity index is 1.56. The van der Waals surface area contributed by atoms with Crippen LogP contribution in [0.4, 0.5) is 4.39 Å². The van der Waals surface area contributed by atoms with Crippen LogP contribution >= 0.6 is 0 Å². The molecule has 34 heavy (non-hydrogen) atoms. The van der Waals surface area contributed by atoms with Crippen LogP contribution in [-0.2, 0) is 4.74 Å². The molecular formula is C26H31FN4O3. The van der Waals surface area contributed by atoms with Gasteiger partial charge >= 0.3 is 0 Å². The lowest BCUT2D eigenvalue weighted by Gasteiger charge is -2.31. The molecule has 7 nitrogen and oxygen atoms in total. The minimum absolute atomic E-state index is 0.00255. The zero-order valence-corrected chi connectivity index (χ0v) is 19.3. The van der Waals surface area contributed by atoms with Crippen molar-refractivity contribution in [3.63, 3.8) is 0 Å². The van der Waals surface area contributed by atoms with Gasteiger partial charge in [-0.15, -0.1) is 0 Å². The number of alkyl halides is 1. The number of rotatable bonds is 4. The molecule has 1 fully saturated rings. The van der Waals surface area contributed by atoms with Crippen molar-refractivity contribution in [3.8, 4) is 5.75 Å². The molecule has 1 aromatic heterocycles. The number of nitrogens with one attached hydrogen (secondary N) is 1. The van der Waals surface area contributed by atoms with E-state index in [1.807, 2.05) is 6.08 Å². The van der Waals surface area contributed by atoms with E-state index in [2.05, 4.69) is 21.9 Å². The van der Waals surface area contributed by atoms with Crippen LogP contribution in [0.15, 0.2) is 53.6 Å². The van der Waals surface area contributed by atoms with E-state index in [0.29, 0.717) is 35.2 Å². The average molecular weight is 467 g/mol. The van der Waals surface area contributed by atoms with Gasteiger partial charge in [0.25, 0.3) is 5.91 Å². The van der Waals surface area contributed by atoms with E-state index in [0.717, 1.165) is 24.6 Å². The van der Waals surface area contributed by atoms with Gasteiger partial charge in [-0.05, 0) is 42.7 Å². The van der Waals surface area contributed by atoms with Gasteiger partial charge in [-0.3, -0.25) is 9.79 Å². The summed E-state index contributed by atoms with van der Waals surface area (Å²) >= 11 is 0. The Hall–Kier alpha value is -3.10. The fourth-order valence-electron chi connectivity index (χ4n) is 4.41. The Labute approximate surface area is 198 Å². The molecule has 0 bridgehead atoms. The predicted molar refractivity (Wildman–Crippen MR) is 131 cm³/mol. The smallest absolute Gasteiger partial charge is 0.269 e. The number of hydrogen-bond donors (Lipinski definition) is 3. The monoisotopic (exact) mass is 466 g/mol. The molecule has 4 N–H and O–H groups in total. The highest BCUT2D eigenvalue weighted by Gasteiger charge is 2.31. The molecule has 4 rings (SSSR count). The van der Waals surface area contributed by atoms with E-state index >= 15 is 0 Å². The summed E-state index contributed by atoms with van der Waals surface area (Å²) in [6.07, 6.45) is 5.44. The van der Waals surface area contributed by atoms with Crippen LogP contribution in [0, 0.1) is 0 Å². The third-order valence-electron chi connectivity index (χ3n) is 6.44. The van der Waals surface area contributed by atoms with Crippen LogP contribution in [0.2, 0.25) is 0 Å². The van der Waals surface area contributed by atoms with E-state index in [1.165, 1.54) is 13.1 Å². The Kier molecular flexibility index (Phi) is 7.38. The first kappa shape index (κ1) is 24.0. The molecule has 2 aromatic rings. The first-order chi connectivity index (χ1) is 16.4. The number of nitrogens with zero attached hydrogens (tertiary/aromatic N) is 2. The van der Waals surface area contributed by atoms with Gasteiger partial charge in [0.15, 0.2) is 0 Å². The number of aliphatic imine (C=N–C) groups is 1. The Bertz CT molecular complexity index is 1150. The second-order valence-corrected chi connectivity index (χ2v) is 8.90. The SMILES string of the molecule is C=C1CN=C(c2cc3ccc(C(=O)NC)nc3cc2O)C=CC1O[C@H]1CCCCC[C@@H](N)[C@H]1F. The molecule has 4 atom stereocenters. The standard InChI is InChI=1S/C26H31FN4O3/c1-15-14-30-19(10-11-23(15)34-24-7-5-3-4-6-18(28)25(24)27)17-12-16-8-9-20(26(33)29-2)31-21(16)13-22(17)32/h8-13,18,23-25,32H,1,3-7,14,28H2,2H3,(H,29,33)/t18-,23?,24+,25-/m1/s1. The van der Waals surface area contributed by atoms with Crippen molar-refractivity contribution in [1.82, 2.24) is 10.3 Å². The molecule has 1 saturated carbocycles. The lowest BCUT2D eigenvalue weighted by Crippen LogP contribution is -2.43. The van der Waals surface area contributed by atoms with Crippen molar-refractivity contribution in [2.75, 3.05) is 13.6 Å². The lowest BCUT2D eigenvalue weighted by molar-refractivity contribution is -0.0364. The molecule has 2 heterocycles. The summed E-state index contributed by atoms with van der Waals surface area (Å²) in [5.41, 5.74) is 8.61. The van der Waals surface area contributed by atoms with Crippen molar-refractivity contribution >= 4 is 22.5 Å². The van der Waals surface area contributed by atoms with Crippen molar-refractivity contribution in [3.05, 3.63) is 59.8 Å². The van der Waals surface area contributed by atoms with E-state index < -0.39 is 24.4 Å². The molecule has 2 aliphatic rings. The van der Waals surface area contributed by atoms with Crippen LogP contribution < -0.4 is 11.1 Å². The number of hydrogen-bond acceptors (Lipinski definition) is 6. The number of carbonyl (C=O) groups is 1. The molecule has 0 spiro atoms. The highest BCUT2D eigenvalue weighted by Crippen LogP contribution is 2.28. The van der Waals surface area contributed by atoms with Crippen molar-refractivity contribution in [2.24, 2.45) is 10.7 Å². The van der Waals surface area contributed by atoms with Crippen LogP contribution in [0.25, 0.3) is 10.9 Å². The fourth-order valence-corrected chi connectivity index (χ4v) is 4.41. The summed E-state index contributed by atoms with van der Waals surface area (Å²) in [6, 6.07) is 6.19. The van der Waals surface area contributed by atoms with Gasteiger partial charge in [0.1, 0.15) is 17.6 Å². The molecule has 0 radical (unpaired) electrons. The topological polar surface area (TPSA) is 110 Å². The molecular weight excluding hydrogens is 435 g/mol. The zero-order valence-electron chi connectivity index (χ0n) is 19.3. The van der Waals surface area contributed by atoms with Gasteiger partial charge in [-0.25, -0.2) is 9.37 Å². The van der Waals surface area contributed by atoms with Crippen molar-refractivity contribution < 1.29 is 19.0 Å². The maximum Gasteiger partial charge on any atom is 0.269 e. The molecule has 1 aromatic carbocycles. The molecule has 1 aliphatic heterocycles. The Morgan fingerprint density at radius 1 is 1.26 bits per heavy atom. The van der Waals surface area contributed by atoms with E-state index in [9.17, 15) is 14.3 Å². The number of pyridine rings is 1. The molecule has 1 amide bonds. The van der Waals surface area contributed by atoms with Crippen LogP contribution in [0.3, 0.4) is 0 Å². The number of allylic oxidation sites excluding steroid dienone is 1. The maximum atomic E-state index is 14.9. The number of phenols is 1. The number of aromatic hydroxyl groups is 1. The highest BCUT2D eigenvalue weighted by molar-refractivity contribution is 6.12. The Morgan fingerprint density at radius 2 is 2.06 bits per heavy atom. The number of ether oxygens (including phenoxy) is 1. The van der Waals surface area contributed by atoms with Gasteiger partial charge in [0, 0.05) is 30.1 Å². The summed E-state index contributed by atoms with van der Waals surface area (Å²) < 4.78 is 21.1. The van der Waals surface area contributed by atoms with Crippen LogP contribution in [0.5, 0.6) is 5.75 Å². The lowest BCUT2D eigenvalue weighted by atomic mass is 9.93. The number of halogens is 1. The summed E-state index contributed by atoms with van der Waals surface area (Å²) in [6.45, 7) is 4.38. The molecule has 180 valence electrons. The summed E-state index contributed by atoms with van der Waals surface area (Å²) in [7, 11) is 1.54. The van der Waals surface area contributed by atoms with Crippen molar-refractivity contribution in [1.29, 1.82) is 0 Å². The van der Waals surface area contributed by atoms with Gasteiger partial charge < -0.3 is 20.9 Å². The summed E-state index contributed by atoms with van der Waals surface area (Å²) in [5, 5.41) is 14.0. The van der Waals surface area contributed by atoms with Gasteiger partial charge in [0.05, 0.1) is 30.0 Å². The summed E-state index contributed by atoms with van der Waals surface area (Å²) in [4.78, 5) is 20.8. The number of aromatic nitrogens is 1. The van der Waals surface area contributed by atoms with Crippen molar-refractivity contribution in [2.45, 2.75) is 56.5 Å². The van der Waals surface area contributed by atoms with Gasteiger partial charge in [0.2, 0.25) is 0 Å². The van der Waals surface area contributed by atoms with E-state index in [1.54, 1.807) is 24.3 Å². The van der Waals surface area contributed by atoms with Gasteiger partial charge in [-0.2, -0.15) is 0 Å². The Morgan fingerprint density at radius 3 is 2.85 bits per heavy atom. The number of amides is 1. The highest BCUT2D eigenvalue weighted by atomic mass is 19.1. The number of carbonyl (C=O) groups excluding carboxylic acids is 1. The van der Waals surface area contributed by atoms with Gasteiger partial charge in [-0.1, -0.05) is 31.9 Å². The maximum absolute atomic E-state index is 14.9. The van der Waals surface area contributed by atoms with Crippen LogP contribution in [0.1, 0.15) is 48.2 Å². The minimum atomic E-state index is -1.22. The third-order valence-corrected chi connectivity index (χ3v) is 6.44. The van der Waals surface area contributed by atoms with Crippen LogP contribution in [-0.4, -0.2) is 59.7 Å². The van der Waals surface area contributed by atoms with E-state index in [-0.39, 0.29) is 23.9 Å². The number of phenolic OH excluding ortho intramolecular Hbond substituents is 1. The molecule has 0 saturated heterocycles. The average Bonchev–Trinajstić information content (AvgIpc) is 3.01. The number of fused-ring (bicyclic) bond motifs is 1. The zero-order chi connectivity index (χ0) is 24.2. The largest absolute Gasteiger partial charge is 0.507 e. The molecule has 1 aliphatic carbocycles. The second-order valence-electron chi connectivity index (χ2n) is 8.90. The molecule has 1 unspecified atom stereocenters. The molecule has 8 heteroatoms. The number of nitrogens with two attached hydrogens (primary N) is 1. The quantitative estimate of drug-likeness (QED) is 0.597. The predicted octanol–water partition coefficient (Wildman–Crippen LogP) is 3.60. The fraction of sp³-hybridized carbons (Fsp3) is 0.423. The van der Waals surface area contributed by atoms with E-state index in [4.69, 9.17) is 10.5 Å². The minimum Gasteiger partial charge on any atom is -0.507 e. The summed E-state index contributed by atoms with van der Waals surface area (Å²) in [5.74, 6) is -0.302. The first-order valence-electron chi connectivity index (χ1n) is 11.7. The first-order valence-corrected chi connectivity index (χ1v) is 11.7. The third kappa shape index (κ3) is 5.18.